The molecule has 3 rings (SSSR count). The Labute approximate surface area is 100 Å². The van der Waals surface area contributed by atoms with Crippen LogP contribution in [0.5, 0.6) is 5.75 Å². The van der Waals surface area contributed by atoms with Gasteiger partial charge in [-0.2, -0.15) is 0 Å². The second-order valence-electron chi connectivity index (χ2n) is 3.62. The van der Waals surface area contributed by atoms with Crippen LogP contribution in [0.4, 0.5) is 0 Å². The lowest BCUT2D eigenvalue weighted by molar-refractivity contribution is 0.474. The molecule has 0 fully saturated rings. The Morgan fingerprint density at radius 1 is 1.24 bits per heavy atom. The van der Waals surface area contributed by atoms with Crippen molar-refractivity contribution in [1.29, 1.82) is 0 Å². The van der Waals surface area contributed by atoms with Crippen molar-refractivity contribution in [1.82, 2.24) is 4.98 Å². The van der Waals surface area contributed by atoms with Crippen molar-refractivity contribution in [3.63, 3.8) is 0 Å². The average Bonchev–Trinajstić information content (AvgIpc) is 2.26. The highest BCUT2D eigenvalue weighted by Crippen LogP contribution is 2.30. The first-order valence-corrected chi connectivity index (χ1v) is 5.24. The van der Waals surface area contributed by atoms with Crippen LogP contribution in [0.1, 0.15) is 0 Å². The average molecular weight is 248 g/mol. The summed E-state index contributed by atoms with van der Waals surface area (Å²) in [4.78, 5) is 15.6. The highest BCUT2D eigenvalue weighted by molar-refractivity contribution is 6.33. The summed E-state index contributed by atoms with van der Waals surface area (Å²) in [6, 6.07) is 7.17. The summed E-state index contributed by atoms with van der Waals surface area (Å²) in [5.41, 5.74) is 1.16. The van der Waals surface area contributed by atoms with E-state index < -0.39 is 0 Å². The van der Waals surface area contributed by atoms with Gasteiger partial charge in [0, 0.05) is 18.2 Å². The third-order valence-corrected chi connectivity index (χ3v) is 2.69. The number of phenolic OH excluding ortho intramolecular Hbond substituents is 1. The molecule has 17 heavy (non-hydrogen) atoms. The molecule has 1 aromatic rings. The highest BCUT2D eigenvalue weighted by atomic mass is 35.5. The number of rotatable bonds is 0. The molecule has 0 unspecified atom stereocenters. The second kappa shape index (κ2) is 3.46. The summed E-state index contributed by atoms with van der Waals surface area (Å²) in [6.45, 7) is 0. The summed E-state index contributed by atoms with van der Waals surface area (Å²) in [7, 11) is 0. The van der Waals surface area contributed by atoms with Gasteiger partial charge in [-0.1, -0.05) is 11.6 Å². The third kappa shape index (κ3) is 1.62. The van der Waals surface area contributed by atoms with Gasteiger partial charge >= 0.3 is 0 Å². The molecule has 0 radical (unpaired) electrons. The number of nitrogens with zero attached hydrogens (tertiary/aromatic N) is 1. The summed E-state index contributed by atoms with van der Waals surface area (Å²) in [5, 5.41) is 9.59. The standard InChI is InChI=1S/C12H6ClNO3/c13-8-3-7(16)5-11-12(8)14-9-2-1-6(15)4-10(9)17-11/h1-5,15H. The van der Waals surface area contributed by atoms with Gasteiger partial charge in [-0.3, -0.25) is 4.79 Å². The van der Waals surface area contributed by atoms with E-state index >= 15 is 0 Å². The first-order valence-electron chi connectivity index (χ1n) is 4.86. The van der Waals surface area contributed by atoms with Crippen LogP contribution in [0.3, 0.4) is 0 Å². The predicted molar refractivity (Wildman–Crippen MR) is 63.6 cm³/mol. The Morgan fingerprint density at radius 2 is 2.06 bits per heavy atom. The SMILES string of the molecule is O=c1cc2oc3cc(O)ccc3nc-2c(Cl)c1. The van der Waals surface area contributed by atoms with E-state index in [0.717, 1.165) is 0 Å². The number of hydrogen-bond acceptors (Lipinski definition) is 4. The maximum absolute atomic E-state index is 11.3. The van der Waals surface area contributed by atoms with Crippen LogP contribution in [0.25, 0.3) is 22.6 Å². The van der Waals surface area contributed by atoms with Crippen LogP contribution in [0.2, 0.25) is 5.02 Å². The topological polar surface area (TPSA) is 63.3 Å². The van der Waals surface area contributed by atoms with Crippen LogP contribution in [-0.2, 0) is 0 Å². The molecule has 0 aromatic heterocycles. The molecule has 1 aliphatic heterocycles. The smallest absolute Gasteiger partial charge is 0.184 e. The van der Waals surface area contributed by atoms with Gasteiger partial charge in [0.05, 0.1) is 5.02 Å². The van der Waals surface area contributed by atoms with Crippen LogP contribution >= 0.6 is 11.6 Å². The minimum absolute atomic E-state index is 0.0757. The third-order valence-electron chi connectivity index (χ3n) is 2.40. The molecule has 0 saturated heterocycles. The summed E-state index contributed by atoms with van der Waals surface area (Å²) >= 11 is 5.92. The molecular weight excluding hydrogens is 242 g/mol. The molecule has 1 N–H and O–H groups in total. The van der Waals surface area contributed by atoms with Gasteiger partial charge in [-0.15, -0.1) is 0 Å². The van der Waals surface area contributed by atoms with Crippen LogP contribution < -0.4 is 5.43 Å². The lowest BCUT2D eigenvalue weighted by atomic mass is 10.2. The number of benzene rings is 2. The maximum atomic E-state index is 11.3. The Balaban J connectivity index is 2.49. The molecular formula is C12H6ClNO3. The normalized spacial score (nSPS) is 11.1. The van der Waals surface area contributed by atoms with E-state index in [-0.39, 0.29) is 16.2 Å². The van der Waals surface area contributed by atoms with Crippen molar-refractivity contribution in [2.45, 2.75) is 0 Å². The van der Waals surface area contributed by atoms with Gasteiger partial charge in [0.15, 0.2) is 16.8 Å². The van der Waals surface area contributed by atoms with Crippen molar-refractivity contribution < 1.29 is 9.52 Å². The Hall–Kier alpha value is -2.07. The van der Waals surface area contributed by atoms with Gasteiger partial charge < -0.3 is 9.52 Å². The lowest BCUT2D eigenvalue weighted by Crippen LogP contribution is -2.01. The predicted octanol–water partition coefficient (Wildman–Crippen LogP) is 2.65. The molecule has 1 heterocycles. The molecule has 1 aliphatic carbocycles. The molecule has 4 nitrogen and oxygen atoms in total. The number of halogens is 1. The van der Waals surface area contributed by atoms with Crippen LogP contribution in [-0.4, -0.2) is 10.1 Å². The van der Waals surface area contributed by atoms with Crippen molar-refractivity contribution in [2.75, 3.05) is 0 Å². The first kappa shape index (κ1) is 10.1. The van der Waals surface area contributed by atoms with E-state index in [4.69, 9.17) is 16.0 Å². The fraction of sp³-hybridized carbons (Fsp3) is 0. The molecule has 0 bridgehead atoms. The van der Waals surface area contributed by atoms with E-state index in [1.54, 1.807) is 6.07 Å². The number of hydrogen-bond donors (Lipinski definition) is 1. The van der Waals surface area contributed by atoms with Gasteiger partial charge in [-0.05, 0) is 12.1 Å². The first-order chi connectivity index (χ1) is 8.13. The van der Waals surface area contributed by atoms with E-state index in [2.05, 4.69) is 4.98 Å². The fourth-order valence-electron chi connectivity index (χ4n) is 1.65. The minimum Gasteiger partial charge on any atom is -0.508 e. The van der Waals surface area contributed by atoms with Gasteiger partial charge in [0.2, 0.25) is 0 Å². The molecule has 0 spiro atoms. The summed E-state index contributed by atoms with van der Waals surface area (Å²) < 4.78 is 5.48. The lowest BCUT2D eigenvalue weighted by Gasteiger charge is -2.07. The largest absolute Gasteiger partial charge is 0.508 e. The Morgan fingerprint density at radius 3 is 2.88 bits per heavy atom. The van der Waals surface area contributed by atoms with Crippen molar-refractivity contribution in [2.24, 2.45) is 0 Å². The Kier molecular flexibility index (Phi) is 2.06. The number of aromatic hydroxyl groups is 1. The molecule has 0 atom stereocenters. The summed E-state index contributed by atoms with van der Waals surface area (Å²) in [6.07, 6.45) is 0. The maximum Gasteiger partial charge on any atom is 0.184 e. The highest BCUT2D eigenvalue weighted by Gasteiger charge is 2.13. The summed E-state index contributed by atoms with van der Waals surface area (Å²) in [5.74, 6) is 0.382. The minimum atomic E-state index is -0.243. The quantitative estimate of drug-likeness (QED) is 0.621. The fourth-order valence-corrected chi connectivity index (χ4v) is 1.90. The van der Waals surface area contributed by atoms with Crippen molar-refractivity contribution in [3.05, 3.63) is 45.6 Å². The van der Waals surface area contributed by atoms with E-state index in [9.17, 15) is 9.90 Å². The zero-order valence-electron chi connectivity index (χ0n) is 8.48. The van der Waals surface area contributed by atoms with E-state index in [1.807, 2.05) is 0 Å². The van der Waals surface area contributed by atoms with Crippen molar-refractivity contribution in [3.8, 4) is 17.2 Å². The van der Waals surface area contributed by atoms with E-state index in [1.165, 1.54) is 24.3 Å². The van der Waals surface area contributed by atoms with Crippen molar-refractivity contribution >= 4 is 22.7 Å². The number of aromatic nitrogens is 1. The van der Waals surface area contributed by atoms with Crippen LogP contribution in [0.15, 0.2) is 39.5 Å². The Bertz CT molecular complexity index is 751. The molecule has 1 aromatic carbocycles. The molecule has 0 amide bonds. The van der Waals surface area contributed by atoms with Gasteiger partial charge in [-0.25, -0.2) is 4.98 Å². The zero-order chi connectivity index (χ0) is 12.0. The molecule has 5 heteroatoms. The van der Waals surface area contributed by atoms with Gasteiger partial charge in [0.1, 0.15) is 17.0 Å². The second-order valence-corrected chi connectivity index (χ2v) is 4.02. The zero-order valence-corrected chi connectivity index (χ0v) is 9.23. The molecule has 0 saturated carbocycles. The number of phenols is 1. The number of fused-ring (bicyclic) bond motifs is 2. The monoisotopic (exact) mass is 247 g/mol. The van der Waals surface area contributed by atoms with Crippen LogP contribution in [0, 0.1) is 0 Å². The van der Waals surface area contributed by atoms with E-state index in [0.29, 0.717) is 22.6 Å². The molecule has 2 aliphatic rings. The molecule has 84 valence electrons. The van der Waals surface area contributed by atoms with Gasteiger partial charge in [0.25, 0.3) is 0 Å².